The first-order valence-electron chi connectivity index (χ1n) is 5.91. The van der Waals surface area contributed by atoms with E-state index in [1.807, 2.05) is 12.1 Å². The van der Waals surface area contributed by atoms with Crippen molar-refractivity contribution in [2.45, 2.75) is 13.0 Å². The Labute approximate surface area is 123 Å². The molecular weight excluding hydrogens is 330 g/mol. The summed E-state index contributed by atoms with van der Waals surface area (Å²) >= 11 is 9.51. The molecule has 0 fully saturated rings. The van der Waals surface area contributed by atoms with E-state index in [1.165, 1.54) is 0 Å². The van der Waals surface area contributed by atoms with Crippen LogP contribution in [0.1, 0.15) is 21.6 Å². The Morgan fingerprint density at radius 2 is 2.32 bits per heavy atom. The number of carbonyl (C=O) groups is 1. The lowest BCUT2D eigenvalue weighted by atomic mass is 10.1. The fourth-order valence-corrected chi connectivity index (χ4v) is 2.81. The van der Waals surface area contributed by atoms with E-state index in [9.17, 15) is 4.79 Å². The number of nitrogens with one attached hydrogen (secondary N) is 1. The molecule has 1 N–H and O–H groups in total. The van der Waals surface area contributed by atoms with Crippen molar-refractivity contribution in [3.8, 4) is 0 Å². The van der Waals surface area contributed by atoms with Gasteiger partial charge in [-0.3, -0.25) is 9.89 Å². The highest BCUT2D eigenvalue weighted by molar-refractivity contribution is 9.10. The van der Waals surface area contributed by atoms with Crippen molar-refractivity contribution in [1.29, 1.82) is 0 Å². The van der Waals surface area contributed by atoms with Crippen molar-refractivity contribution in [3.05, 3.63) is 50.7 Å². The van der Waals surface area contributed by atoms with Gasteiger partial charge in [0.1, 0.15) is 0 Å². The molecule has 2 aromatic rings. The van der Waals surface area contributed by atoms with Crippen molar-refractivity contribution in [2.24, 2.45) is 0 Å². The molecule has 0 atom stereocenters. The Balaban J connectivity index is 1.88. The van der Waals surface area contributed by atoms with E-state index in [1.54, 1.807) is 17.2 Å². The fourth-order valence-electron chi connectivity index (χ4n) is 2.23. The second kappa shape index (κ2) is 4.98. The molecule has 98 valence electrons. The van der Waals surface area contributed by atoms with Gasteiger partial charge in [0.05, 0.1) is 16.8 Å². The number of hydrogen-bond acceptors (Lipinski definition) is 2. The summed E-state index contributed by atoms with van der Waals surface area (Å²) in [6, 6.07) is 5.39. The van der Waals surface area contributed by atoms with Crippen molar-refractivity contribution in [1.82, 2.24) is 15.1 Å². The van der Waals surface area contributed by atoms with Crippen LogP contribution in [-0.4, -0.2) is 27.5 Å². The summed E-state index contributed by atoms with van der Waals surface area (Å²) in [6.07, 6.45) is 2.57. The molecule has 0 aliphatic carbocycles. The van der Waals surface area contributed by atoms with Gasteiger partial charge in [-0.15, -0.1) is 0 Å². The fraction of sp³-hybridized carbons (Fsp3) is 0.231. The second-order valence-electron chi connectivity index (χ2n) is 4.45. The van der Waals surface area contributed by atoms with Gasteiger partial charge in [0.25, 0.3) is 5.91 Å². The summed E-state index contributed by atoms with van der Waals surface area (Å²) < 4.78 is 0.737. The molecule has 0 bridgehead atoms. The molecule has 1 aliphatic rings. The van der Waals surface area contributed by atoms with E-state index in [0.29, 0.717) is 23.7 Å². The van der Waals surface area contributed by atoms with Crippen molar-refractivity contribution in [3.63, 3.8) is 0 Å². The lowest BCUT2D eigenvalue weighted by Crippen LogP contribution is -2.35. The van der Waals surface area contributed by atoms with E-state index >= 15 is 0 Å². The van der Waals surface area contributed by atoms with E-state index in [2.05, 4.69) is 26.1 Å². The van der Waals surface area contributed by atoms with E-state index < -0.39 is 0 Å². The number of nitrogens with zero attached hydrogens (tertiary/aromatic N) is 2. The van der Waals surface area contributed by atoms with E-state index in [0.717, 1.165) is 22.2 Å². The monoisotopic (exact) mass is 339 g/mol. The zero-order valence-electron chi connectivity index (χ0n) is 9.99. The third-order valence-corrected chi connectivity index (χ3v) is 4.57. The van der Waals surface area contributed by atoms with E-state index in [-0.39, 0.29) is 5.91 Å². The largest absolute Gasteiger partial charge is 0.334 e. The maximum Gasteiger partial charge on any atom is 0.255 e. The Morgan fingerprint density at radius 3 is 3.16 bits per heavy atom. The van der Waals surface area contributed by atoms with Gasteiger partial charge < -0.3 is 4.90 Å². The number of hydrogen-bond donors (Lipinski definition) is 1. The Kier molecular flexibility index (Phi) is 3.33. The van der Waals surface area contributed by atoms with Crippen molar-refractivity contribution < 1.29 is 4.79 Å². The van der Waals surface area contributed by atoms with Crippen LogP contribution in [0, 0.1) is 0 Å². The van der Waals surface area contributed by atoms with Gasteiger partial charge >= 0.3 is 0 Å². The molecule has 19 heavy (non-hydrogen) atoms. The number of halogens is 2. The molecule has 1 amide bonds. The quantitative estimate of drug-likeness (QED) is 0.867. The van der Waals surface area contributed by atoms with Crippen LogP contribution in [-0.2, 0) is 13.0 Å². The highest BCUT2D eigenvalue weighted by Crippen LogP contribution is 2.28. The van der Waals surface area contributed by atoms with Gasteiger partial charge in [-0.05, 0) is 28.1 Å². The molecule has 3 rings (SSSR count). The third-order valence-electron chi connectivity index (χ3n) is 3.27. The predicted octanol–water partition coefficient (Wildman–Crippen LogP) is 3.02. The molecule has 4 nitrogen and oxygen atoms in total. The zero-order valence-corrected chi connectivity index (χ0v) is 12.3. The Hall–Kier alpha value is -1.33. The van der Waals surface area contributed by atoms with Crippen LogP contribution in [0.15, 0.2) is 28.9 Å². The molecule has 2 heterocycles. The average Bonchev–Trinajstić information content (AvgIpc) is 2.88. The minimum atomic E-state index is -0.0434. The second-order valence-corrected chi connectivity index (χ2v) is 5.68. The highest BCUT2D eigenvalue weighted by atomic mass is 79.9. The number of H-pyrrole nitrogens is 1. The van der Waals surface area contributed by atoms with Crippen LogP contribution in [0.3, 0.4) is 0 Å². The summed E-state index contributed by atoms with van der Waals surface area (Å²) in [5.74, 6) is -0.0434. The average molecular weight is 341 g/mol. The lowest BCUT2D eigenvalue weighted by Gasteiger charge is -2.27. The molecule has 0 radical (unpaired) electrons. The predicted molar refractivity (Wildman–Crippen MR) is 76.2 cm³/mol. The number of amides is 1. The van der Waals surface area contributed by atoms with Gasteiger partial charge in [0.15, 0.2) is 0 Å². The molecule has 0 unspecified atom stereocenters. The standard InChI is InChI=1S/C13H11BrClN3O/c14-10-3-1-2-9(12(10)15)13(19)18-5-4-11-8(7-18)6-16-17-11/h1-3,6H,4-5,7H2,(H,16,17). The maximum atomic E-state index is 12.5. The highest BCUT2D eigenvalue weighted by Gasteiger charge is 2.24. The summed E-state index contributed by atoms with van der Waals surface area (Å²) in [5, 5.41) is 7.42. The van der Waals surface area contributed by atoms with Gasteiger partial charge in [-0.2, -0.15) is 5.10 Å². The molecule has 0 saturated carbocycles. The summed E-state index contributed by atoms with van der Waals surface area (Å²) in [7, 11) is 0. The van der Waals surface area contributed by atoms with Gasteiger partial charge in [-0.1, -0.05) is 17.7 Å². The SMILES string of the molecule is O=C(c1cccc(Br)c1Cl)N1CCc2[nH]ncc2C1. The van der Waals surface area contributed by atoms with Crippen LogP contribution < -0.4 is 0 Å². The first-order valence-corrected chi connectivity index (χ1v) is 7.08. The minimum Gasteiger partial charge on any atom is -0.334 e. The first kappa shape index (κ1) is 12.7. The lowest BCUT2D eigenvalue weighted by molar-refractivity contribution is 0.0734. The summed E-state index contributed by atoms with van der Waals surface area (Å²) in [6.45, 7) is 1.25. The molecule has 6 heteroatoms. The molecule has 1 aliphatic heterocycles. The van der Waals surface area contributed by atoms with Crippen molar-refractivity contribution >= 4 is 33.4 Å². The van der Waals surface area contributed by atoms with Crippen molar-refractivity contribution in [2.75, 3.05) is 6.54 Å². The van der Waals surface area contributed by atoms with Crippen LogP contribution in [0.2, 0.25) is 5.02 Å². The van der Waals surface area contributed by atoms with Crippen LogP contribution in [0.25, 0.3) is 0 Å². The molecular formula is C13H11BrClN3O. The number of aromatic amines is 1. The third kappa shape index (κ3) is 2.28. The van der Waals surface area contributed by atoms with Crippen LogP contribution >= 0.6 is 27.5 Å². The number of rotatable bonds is 1. The Morgan fingerprint density at radius 1 is 1.47 bits per heavy atom. The molecule has 0 saturated heterocycles. The zero-order chi connectivity index (χ0) is 13.4. The molecule has 1 aromatic heterocycles. The number of carbonyl (C=O) groups excluding carboxylic acids is 1. The normalized spacial score (nSPS) is 14.3. The van der Waals surface area contributed by atoms with Gasteiger partial charge in [0, 0.05) is 35.2 Å². The van der Waals surface area contributed by atoms with Gasteiger partial charge in [-0.25, -0.2) is 0 Å². The minimum absolute atomic E-state index is 0.0434. The van der Waals surface area contributed by atoms with E-state index in [4.69, 9.17) is 11.6 Å². The number of fused-ring (bicyclic) bond motifs is 1. The maximum absolute atomic E-state index is 12.5. The first-order chi connectivity index (χ1) is 9.16. The number of aromatic nitrogens is 2. The topological polar surface area (TPSA) is 49.0 Å². The summed E-state index contributed by atoms with van der Waals surface area (Å²) in [4.78, 5) is 14.3. The summed E-state index contributed by atoms with van der Waals surface area (Å²) in [5.41, 5.74) is 2.72. The van der Waals surface area contributed by atoms with Crippen LogP contribution in [0.4, 0.5) is 0 Å². The smallest absolute Gasteiger partial charge is 0.255 e. The Bertz CT molecular complexity index is 641. The molecule has 1 aromatic carbocycles. The number of benzene rings is 1. The van der Waals surface area contributed by atoms with Gasteiger partial charge in [0.2, 0.25) is 0 Å². The molecule has 0 spiro atoms. The van der Waals surface area contributed by atoms with Crippen LogP contribution in [0.5, 0.6) is 0 Å².